The van der Waals surface area contributed by atoms with Crippen molar-refractivity contribution in [1.82, 2.24) is 9.80 Å². The molecule has 1 fully saturated rings. The third-order valence-corrected chi connectivity index (χ3v) is 5.24. The van der Waals surface area contributed by atoms with Crippen LogP contribution in [0.3, 0.4) is 0 Å². The molecule has 1 heterocycles. The first-order valence-electron chi connectivity index (χ1n) is 9.57. The van der Waals surface area contributed by atoms with Crippen LogP contribution in [0.15, 0.2) is 54.6 Å². The predicted molar refractivity (Wildman–Crippen MR) is 111 cm³/mol. The van der Waals surface area contributed by atoms with Crippen molar-refractivity contribution in [2.24, 2.45) is 11.7 Å². The van der Waals surface area contributed by atoms with Crippen molar-refractivity contribution in [3.63, 3.8) is 0 Å². The van der Waals surface area contributed by atoms with Crippen LogP contribution in [0.5, 0.6) is 0 Å². The van der Waals surface area contributed by atoms with Gasteiger partial charge in [-0.05, 0) is 42.3 Å². The summed E-state index contributed by atoms with van der Waals surface area (Å²) in [5.74, 6) is 0.591. The molecule has 0 aliphatic carbocycles. The van der Waals surface area contributed by atoms with Crippen LogP contribution < -0.4 is 11.1 Å². The number of nitrogens with zero attached hydrogens (tertiary/aromatic N) is 2. The highest BCUT2D eigenvalue weighted by molar-refractivity contribution is 5.96. The maximum Gasteiger partial charge on any atom is 0.253 e. The van der Waals surface area contributed by atoms with E-state index in [1.54, 1.807) is 38.4 Å². The van der Waals surface area contributed by atoms with Crippen LogP contribution in [0.2, 0.25) is 0 Å². The zero-order chi connectivity index (χ0) is 20.1. The number of amides is 2. The van der Waals surface area contributed by atoms with E-state index in [0.717, 1.165) is 13.1 Å². The number of anilines is 1. The number of hydrogen-bond acceptors (Lipinski definition) is 4. The molecule has 3 rings (SSSR count). The Kier molecular flexibility index (Phi) is 6.44. The first-order valence-corrected chi connectivity index (χ1v) is 9.57. The maximum atomic E-state index is 12.5. The zero-order valence-electron chi connectivity index (χ0n) is 16.5. The molecule has 0 saturated carbocycles. The Morgan fingerprint density at radius 3 is 2.36 bits per heavy atom. The molecule has 2 aromatic rings. The summed E-state index contributed by atoms with van der Waals surface area (Å²) in [5.41, 5.74) is 8.55. The van der Waals surface area contributed by atoms with E-state index in [1.165, 1.54) is 10.5 Å². The molecule has 1 aliphatic heterocycles. The summed E-state index contributed by atoms with van der Waals surface area (Å²) in [7, 11) is 3.43. The fourth-order valence-electron chi connectivity index (χ4n) is 3.76. The molecule has 6 nitrogen and oxygen atoms in total. The summed E-state index contributed by atoms with van der Waals surface area (Å²) in [6.45, 7) is 2.59. The van der Waals surface area contributed by atoms with Gasteiger partial charge in [-0.15, -0.1) is 0 Å². The van der Waals surface area contributed by atoms with E-state index < -0.39 is 0 Å². The lowest BCUT2D eigenvalue weighted by molar-refractivity contribution is -0.117. The molecule has 6 heteroatoms. The van der Waals surface area contributed by atoms with E-state index >= 15 is 0 Å². The van der Waals surface area contributed by atoms with Gasteiger partial charge in [0.25, 0.3) is 5.91 Å². The smallest absolute Gasteiger partial charge is 0.253 e. The number of nitrogens with one attached hydrogen (secondary N) is 1. The summed E-state index contributed by atoms with van der Waals surface area (Å²) >= 11 is 0. The van der Waals surface area contributed by atoms with Crippen molar-refractivity contribution in [2.75, 3.05) is 45.6 Å². The molecule has 2 aromatic carbocycles. The summed E-state index contributed by atoms with van der Waals surface area (Å²) in [5, 5.41) is 2.91. The molecule has 2 atom stereocenters. The minimum absolute atomic E-state index is 0.0591. The van der Waals surface area contributed by atoms with Crippen LogP contribution >= 0.6 is 0 Å². The third-order valence-electron chi connectivity index (χ3n) is 5.24. The fourth-order valence-corrected chi connectivity index (χ4v) is 3.76. The van der Waals surface area contributed by atoms with Gasteiger partial charge in [0, 0.05) is 44.4 Å². The largest absolute Gasteiger partial charge is 0.345 e. The Morgan fingerprint density at radius 1 is 1.07 bits per heavy atom. The lowest BCUT2D eigenvalue weighted by Gasteiger charge is -2.16. The molecule has 2 amide bonds. The summed E-state index contributed by atoms with van der Waals surface area (Å²) in [4.78, 5) is 28.1. The van der Waals surface area contributed by atoms with E-state index in [1.807, 2.05) is 18.2 Å². The summed E-state index contributed by atoms with van der Waals surface area (Å²) in [6, 6.07) is 17.3. The SMILES string of the molecule is CN(C)C(=O)c1ccc(NC(=O)CN2C[C@@H](CN)[C@H](c3ccccc3)C2)cc1. The van der Waals surface area contributed by atoms with Crippen molar-refractivity contribution in [3.05, 3.63) is 65.7 Å². The van der Waals surface area contributed by atoms with Crippen molar-refractivity contribution >= 4 is 17.5 Å². The minimum atomic E-state index is -0.0604. The summed E-state index contributed by atoms with van der Waals surface area (Å²) in [6.07, 6.45) is 0. The van der Waals surface area contributed by atoms with Crippen LogP contribution in [0, 0.1) is 5.92 Å². The van der Waals surface area contributed by atoms with Crippen molar-refractivity contribution in [3.8, 4) is 0 Å². The fraction of sp³-hybridized carbons (Fsp3) is 0.364. The topological polar surface area (TPSA) is 78.7 Å². The summed E-state index contributed by atoms with van der Waals surface area (Å²) < 4.78 is 0. The average Bonchev–Trinajstić information content (AvgIpc) is 3.11. The van der Waals surface area contributed by atoms with Crippen molar-refractivity contribution in [1.29, 1.82) is 0 Å². The molecule has 0 bridgehead atoms. The normalized spacial score (nSPS) is 19.4. The van der Waals surface area contributed by atoms with Gasteiger partial charge >= 0.3 is 0 Å². The number of carbonyl (C=O) groups is 2. The second kappa shape index (κ2) is 8.99. The first-order chi connectivity index (χ1) is 13.5. The lowest BCUT2D eigenvalue weighted by Crippen LogP contribution is -2.32. The van der Waals surface area contributed by atoms with Crippen LogP contribution in [-0.2, 0) is 4.79 Å². The molecular weight excluding hydrogens is 352 g/mol. The Morgan fingerprint density at radius 2 is 1.75 bits per heavy atom. The van der Waals surface area contributed by atoms with Crippen molar-refractivity contribution in [2.45, 2.75) is 5.92 Å². The van der Waals surface area contributed by atoms with Crippen molar-refractivity contribution < 1.29 is 9.59 Å². The second-order valence-electron chi connectivity index (χ2n) is 7.53. The molecule has 1 aliphatic rings. The minimum Gasteiger partial charge on any atom is -0.345 e. The highest BCUT2D eigenvalue weighted by Gasteiger charge is 2.33. The Balaban J connectivity index is 1.57. The first kappa shape index (κ1) is 20.0. The van der Waals surface area contributed by atoms with Crippen LogP contribution in [0.25, 0.3) is 0 Å². The molecule has 0 spiro atoms. The monoisotopic (exact) mass is 380 g/mol. The number of hydrogen-bond donors (Lipinski definition) is 2. The molecule has 0 unspecified atom stereocenters. The third kappa shape index (κ3) is 4.77. The van der Waals surface area contributed by atoms with E-state index in [-0.39, 0.29) is 11.8 Å². The van der Waals surface area contributed by atoms with Gasteiger partial charge in [0.15, 0.2) is 0 Å². The van der Waals surface area contributed by atoms with E-state index in [0.29, 0.717) is 36.2 Å². The molecule has 1 saturated heterocycles. The van der Waals surface area contributed by atoms with E-state index in [9.17, 15) is 9.59 Å². The van der Waals surface area contributed by atoms with Crippen LogP contribution in [0.4, 0.5) is 5.69 Å². The van der Waals surface area contributed by atoms with Gasteiger partial charge in [-0.2, -0.15) is 0 Å². The second-order valence-corrected chi connectivity index (χ2v) is 7.53. The molecule has 3 N–H and O–H groups in total. The van der Waals surface area contributed by atoms with Gasteiger partial charge in [0.1, 0.15) is 0 Å². The molecule has 28 heavy (non-hydrogen) atoms. The molecule has 148 valence electrons. The highest BCUT2D eigenvalue weighted by Crippen LogP contribution is 2.31. The number of likely N-dealkylation sites (tertiary alicyclic amines) is 1. The quantitative estimate of drug-likeness (QED) is 0.803. The van der Waals surface area contributed by atoms with Gasteiger partial charge in [-0.3, -0.25) is 14.5 Å². The Hall–Kier alpha value is -2.70. The van der Waals surface area contributed by atoms with E-state index in [2.05, 4.69) is 22.3 Å². The number of benzene rings is 2. The van der Waals surface area contributed by atoms with Gasteiger partial charge in [0.2, 0.25) is 5.91 Å². The van der Waals surface area contributed by atoms with Gasteiger partial charge in [0.05, 0.1) is 6.54 Å². The Bertz CT molecular complexity index is 805. The zero-order valence-corrected chi connectivity index (χ0v) is 16.5. The predicted octanol–water partition coefficient (Wildman–Crippen LogP) is 2.00. The molecule has 0 aromatic heterocycles. The van der Waals surface area contributed by atoms with Gasteiger partial charge < -0.3 is 16.0 Å². The number of carbonyl (C=O) groups excluding carboxylic acids is 2. The van der Waals surface area contributed by atoms with Gasteiger partial charge in [-0.1, -0.05) is 30.3 Å². The molecular formula is C22H28N4O2. The van der Waals surface area contributed by atoms with Crippen LogP contribution in [0.1, 0.15) is 21.8 Å². The maximum absolute atomic E-state index is 12.5. The highest BCUT2D eigenvalue weighted by atomic mass is 16.2. The van der Waals surface area contributed by atoms with Gasteiger partial charge in [-0.25, -0.2) is 0 Å². The van der Waals surface area contributed by atoms with E-state index in [4.69, 9.17) is 5.73 Å². The standard InChI is InChI=1S/C22H28N4O2/c1-25(2)22(28)17-8-10-19(11-9-17)24-21(27)15-26-13-18(12-23)20(14-26)16-6-4-3-5-7-16/h3-11,18,20H,12-15,23H2,1-2H3,(H,24,27)/t18-,20+/m1/s1. The average molecular weight is 380 g/mol. The number of nitrogens with two attached hydrogens (primary N) is 1. The lowest BCUT2D eigenvalue weighted by atomic mass is 9.89. The Labute approximate surface area is 166 Å². The van der Waals surface area contributed by atoms with Crippen LogP contribution in [-0.4, -0.2) is 61.9 Å². The number of rotatable bonds is 6. The molecule has 0 radical (unpaired) electrons.